The highest BCUT2D eigenvalue weighted by atomic mass is 79.9. The fourth-order valence-electron chi connectivity index (χ4n) is 2.44. The van der Waals surface area contributed by atoms with Crippen LogP contribution in [0.5, 0.6) is 0 Å². The normalized spacial score (nSPS) is 10.3. The number of amides is 1. The third-order valence-electron chi connectivity index (χ3n) is 3.81. The zero-order valence-corrected chi connectivity index (χ0v) is 15.4. The molecule has 0 saturated heterocycles. The molecule has 0 aliphatic carbocycles. The van der Waals surface area contributed by atoms with E-state index in [1.807, 2.05) is 61.5 Å². The number of halogens is 1. The van der Waals surface area contributed by atoms with Crippen molar-refractivity contribution in [3.05, 3.63) is 88.2 Å². The van der Waals surface area contributed by atoms with Crippen LogP contribution in [0, 0.1) is 6.92 Å². The quantitative estimate of drug-likeness (QED) is 0.650. The summed E-state index contributed by atoms with van der Waals surface area (Å²) in [5.74, 6) is -0.193. The number of aromatic nitrogens is 1. The molecule has 25 heavy (non-hydrogen) atoms. The highest BCUT2D eigenvalue weighted by Crippen LogP contribution is 2.20. The zero-order valence-electron chi connectivity index (χ0n) is 13.8. The van der Waals surface area contributed by atoms with Gasteiger partial charge < -0.3 is 10.6 Å². The highest BCUT2D eigenvalue weighted by Gasteiger charge is 2.08. The first-order valence-corrected chi connectivity index (χ1v) is 8.72. The van der Waals surface area contributed by atoms with E-state index >= 15 is 0 Å². The van der Waals surface area contributed by atoms with Gasteiger partial charge in [-0.2, -0.15) is 0 Å². The molecule has 1 amide bonds. The topological polar surface area (TPSA) is 54.0 Å². The number of hydrogen-bond donors (Lipinski definition) is 2. The molecular formula is C20H18BrN3O. The summed E-state index contributed by atoms with van der Waals surface area (Å²) in [6.07, 6.45) is 1.63. The second-order valence-electron chi connectivity index (χ2n) is 5.67. The Bertz CT molecular complexity index is 895. The molecule has 0 atom stereocenters. The van der Waals surface area contributed by atoms with Crippen molar-refractivity contribution in [2.45, 2.75) is 13.5 Å². The monoisotopic (exact) mass is 395 g/mol. The molecule has 2 N–H and O–H groups in total. The van der Waals surface area contributed by atoms with Crippen LogP contribution >= 0.6 is 15.9 Å². The van der Waals surface area contributed by atoms with Gasteiger partial charge in [-0.05, 0) is 48.4 Å². The first-order valence-electron chi connectivity index (χ1n) is 7.93. The summed E-state index contributed by atoms with van der Waals surface area (Å²) in [6, 6.07) is 19.4. The van der Waals surface area contributed by atoms with Crippen LogP contribution in [0.3, 0.4) is 0 Å². The zero-order chi connectivity index (χ0) is 17.6. The van der Waals surface area contributed by atoms with Gasteiger partial charge in [0, 0.05) is 28.6 Å². The maximum absolute atomic E-state index is 12.4. The second kappa shape index (κ2) is 7.94. The van der Waals surface area contributed by atoms with Crippen LogP contribution in [0.1, 0.15) is 21.6 Å². The number of carbonyl (C=O) groups is 1. The van der Waals surface area contributed by atoms with Gasteiger partial charge in [0.2, 0.25) is 0 Å². The van der Waals surface area contributed by atoms with E-state index in [2.05, 4.69) is 31.5 Å². The van der Waals surface area contributed by atoms with Crippen LogP contribution in [0.15, 0.2) is 71.3 Å². The van der Waals surface area contributed by atoms with Crippen molar-refractivity contribution in [3.63, 3.8) is 0 Å². The average Bonchev–Trinajstić information content (AvgIpc) is 2.61. The van der Waals surface area contributed by atoms with E-state index in [4.69, 9.17) is 0 Å². The standard InChI is InChI=1S/C20H18BrN3O/c1-14-5-2-3-6-15(14)13-23-20(25)19-12-18(9-10-22-19)24-17-8-4-7-16(21)11-17/h2-12H,13H2,1H3,(H,22,24)(H,23,25). The smallest absolute Gasteiger partial charge is 0.270 e. The third-order valence-corrected chi connectivity index (χ3v) is 4.30. The number of rotatable bonds is 5. The third kappa shape index (κ3) is 4.67. The summed E-state index contributed by atoms with van der Waals surface area (Å²) in [5.41, 5.74) is 4.38. The van der Waals surface area contributed by atoms with Gasteiger partial charge in [-0.3, -0.25) is 9.78 Å². The lowest BCUT2D eigenvalue weighted by Crippen LogP contribution is -2.24. The van der Waals surface area contributed by atoms with E-state index in [1.165, 1.54) is 0 Å². The van der Waals surface area contributed by atoms with Crippen LogP contribution in [0.25, 0.3) is 0 Å². The molecule has 2 aromatic carbocycles. The van der Waals surface area contributed by atoms with Crippen molar-refractivity contribution in [1.29, 1.82) is 0 Å². The molecule has 0 bridgehead atoms. The summed E-state index contributed by atoms with van der Waals surface area (Å²) in [5, 5.41) is 6.19. The van der Waals surface area contributed by atoms with Gasteiger partial charge in [0.05, 0.1) is 0 Å². The number of hydrogen-bond acceptors (Lipinski definition) is 3. The lowest BCUT2D eigenvalue weighted by atomic mass is 10.1. The average molecular weight is 396 g/mol. The number of anilines is 2. The van der Waals surface area contributed by atoms with E-state index in [0.717, 1.165) is 27.0 Å². The molecule has 0 spiro atoms. The molecule has 0 aliphatic heterocycles. The van der Waals surface area contributed by atoms with E-state index in [0.29, 0.717) is 12.2 Å². The Hall–Kier alpha value is -2.66. The van der Waals surface area contributed by atoms with Gasteiger partial charge >= 0.3 is 0 Å². The largest absolute Gasteiger partial charge is 0.355 e. The Labute approximate surface area is 155 Å². The van der Waals surface area contributed by atoms with Crippen molar-refractivity contribution < 1.29 is 4.79 Å². The number of carbonyl (C=O) groups excluding carboxylic acids is 1. The second-order valence-corrected chi connectivity index (χ2v) is 6.59. The minimum absolute atomic E-state index is 0.193. The summed E-state index contributed by atoms with van der Waals surface area (Å²) < 4.78 is 0.989. The lowest BCUT2D eigenvalue weighted by Gasteiger charge is -2.10. The van der Waals surface area contributed by atoms with Crippen LogP contribution in [0.2, 0.25) is 0 Å². The van der Waals surface area contributed by atoms with Gasteiger partial charge in [-0.1, -0.05) is 46.3 Å². The predicted octanol–water partition coefficient (Wildman–Crippen LogP) is 4.83. The maximum atomic E-state index is 12.4. The molecule has 0 fully saturated rings. The van der Waals surface area contributed by atoms with Crippen LogP contribution in [-0.2, 0) is 6.54 Å². The molecule has 0 radical (unpaired) electrons. The van der Waals surface area contributed by atoms with Crippen molar-refractivity contribution >= 4 is 33.2 Å². The van der Waals surface area contributed by atoms with Crippen molar-refractivity contribution in [3.8, 4) is 0 Å². The molecule has 0 unspecified atom stereocenters. The first-order chi connectivity index (χ1) is 12.1. The molecule has 4 nitrogen and oxygen atoms in total. The molecule has 0 aliphatic rings. The van der Waals surface area contributed by atoms with Crippen molar-refractivity contribution in [2.24, 2.45) is 0 Å². The molecule has 126 valence electrons. The Morgan fingerprint density at radius 1 is 1.04 bits per heavy atom. The number of nitrogens with one attached hydrogen (secondary N) is 2. The molecule has 1 aromatic heterocycles. The van der Waals surface area contributed by atoms with Crippen LogP contribution < -0.4 is 10.6 Å². The van der Waals surface area contributed by atoms with Gasteiger partial charge in [0.25, 0.3) is 5.91 Å². The lowest BCUT2D eigenvalue weighted by molar-refractivity contribution is 0.0946. The molecule has 3 aromatic rings. The number of pyridine rings is 1. The fraction of sp³-hybridized carbons (Fsp3) is 0.100. The predicted molar refractivity (Wildman–Crippen MR) is 104 cm³/mol. The van der Waals surface area contributed by atoms with Gasteiger partial charge in [0.15, 0.2) is 0 Å². The van der Waals surface area contributed by atoms with E-state index in [1.54, 1.807) is 12.3 Å². The van der Waals surface area contributed by atoms with Crippen LogP contribution in [-0.4, -0.2) is 10.9 Å². The van der Waals surface area contributed by atoms with Gasteiger partial charge in [0.1, 0.15) is 5.69 Å². The van der Waals surface area contributed by atoms with Crippen molar-refractivity contribution in [1.82, 2.24) is 10.3 Å². The molecule has 3 rings (SSSR count). The molecule has 1 heterocycles. The fourth-order valence-corrected chi connectivity index (χ4v) is 2.84. The Kier molecular flexibility index (Phi) is 5.46. The van der Waals surface area contributed by atoms with Gasteiger partial charge in [-0.15, -0.1) is 0 Å². The highest BCUT2D eigenvalue weighted by molar-refractivity contribution is 9.10. The SMILES string of the molecule is Cc1ccccc1CNC(=O)c1cc(Nc2cccc(Br)c2)ccn1. The molecule has 0 saturated carbocycles. The van der Waals surface area contributed by atoms with E-state index in [9.17, 15) is 4.79 Å². The Morgan fingerprint density at radius 2 is 1.84 bits per heavy atom. The Balaban J connectivity index is 1.68. The summed E-state index contributed by atoms with van der Waals surface area (Å²) in [7, 11) is 0. The molecule has 5 heteroatoms. The Morgan fingerprint density at radius 3 is 2.64 bits per heavy atom. The van der Waals surface area contributed by atoms with E-state index < -0.39 is 0 Å². The summed E-state index contributed by atoms with van der Waals surface area (Å²) in [6.45, 7) is 2.51. The van der Waals surface area contributed by atoms with Crippen molar-refractivity contribution in [2.75, 3.05) is 5.32 Å². The maximum Gasteiger partial charge on any atom is 0.270 e. The first kappa shape index (κ1) is 17.2. The summed E-state index contributed by atoms with van der Waals surface area (Å²) >= 11 is 3.45. The number of nitrogens with zero attached hydrogens (tertiary/aromatic N) is 1. The summed E-state index contributed by atoms with van der Waals surface area (Å²) in [4.78, 5) is 16.6. The van der Waals surface area contributed by atoms with Gasteiger partial charge in [-0.25, -0.2) is 0 Å². The molecular weight excluding hydrogens is 378 g/mol. The minimum Gasteiger partial charge on any atom is -0.355 e. The van der Waals surface area contributed by atoms with Crippen LogP contribution in [0.4, 0.5) is 11.4 Å². The van der Waals surface area contributed by atoms with E-state index in [-0.39, 0.29) is 5.91 Å². The number of aryl methyl sites for hydroxylation is 1. The minimum atomic E-state index is -0.193. The number of benzene rings is 2.